The lowest BCUT2D eigenvalue weighted by Gasteiger charge is -2.21. The minimum Gasteiger partial charge on any atom is -0.489 e. The minimum absolute atomic E-state index is 0.0378. The van der Waals surface area contributed by atoms with Crippen LogP contribution in [-0.2, 0) is 6.61 Å². The van der Waals surface area contributed by atoms with Crippen LogP contribution < -0.4 is 10.5 Å². The Kier molecular flexibility index (Phi) is 5.53. The van der Waals surface area contributed by atoms with E-state index in [1.54, 1.807) is 4.90 Å². The van der Waals surface area contributed by atoms with Crippen LogP contribution in [0.1, 0.15) is 30.3 Å². The van der Waals surface area contributed by atoms with Gasteiger partial charge in [0.25, 0.3) is 0 Å². The van der Waals surface area contributed by atoms with E-state index < -0.39 is 0 Å². The average molecular weight is 492 g/mol. The zero-order chi connectivity index (χ0) is 22.1. The number of fused-ring (bicyclic) bond motifs is 1. The van der Waals surface area contributed by atoms with Crippen LogP contribution >= 0.6 is 15.9 Å². The van der Waals surface area contributed by atoms with Crippen LogP contribution in [0.25, 0.3) is 22.2 Å². The van der Waals surface area contributed by atoms with Crippen molar-refractivity contribution in [2.45, 2.75) is 25.5 Å². The molecule has 1 unspecified atom stereocenters. The lowest BCUT2D eigenvalue weighted by atomic mass is 10.1. The van der Waals surface area contributed by atoms with Crippen LogP contribution in [-0.4, -0.2) is 27.5 Å². The molecular weight excluding hydrogens is 470 g/mol. The number of aromatic nitrogens is 2. The predicted molar refractivity (Wildman–Crippen MR) is 126 cm³/mol. The lowest BCUT2D eigenvalue weighted by Crippen LogP contribution is -2.35. The summed E-state index contributed by atoms with van der Waals surface area (Å²) >= 11 is 3.49. The standard InChI is InChI=1S/C24H22BrN5O2/c25-19-4-1-3-15(11-19)14-31-20-9-8-16-12-18(7-6-17(16)13-20)22-28-23(32-29-22)21-5-2-10-30(21)24(26)27/h1,3-4,6-9,11-13,21H,2,5,10,14H2,(H3,26,27). The minimum atomic E-state index is -0.126. The van der Waals surface area contributed by atoms with Gasteiger partial charge in [0.2, 0.25) is 11.7 Å². The van der Waals surface area contributed by atoms with Gasteiger partial charge in [-0.2, -0.15) is 4.98 Å². The molecule has 3 N–H and O–H groups in total. The summed E-state index contributed by atoms with van der Waals surface area (Å²) in [5, 5.41) is 14.0. The molecule has 1 aliphatic rings. The van der Waals surface area contributed by atoms with Gasteiger partial charge in [-0.05, 0) is 59.5 Å². The summed E-state index contributed by atoms with van der Waals surface area (Å²) in [6.45, 7) is 1.24. The molecule has 8 heteroatoms. The van der Waals surface area contributed by atoms with Crippen LogP contribution in [0.3, 0.4) is 0 Å². The first-order chi connectivity index (χ1) is 15.6. The first-order valence-electron chi connectivity index (χ1n) is 10.4. The number of hydrogen-bond acceptors (Lipinski definition) is 5. The highest BCUT2D eigenvalue weighted by molar-refractivity contribution is 9.10. The predicted octanol–water partition coefficient (Wildman–Crippen LogP) is 5.26. The average Bonchev–Trinajstić information content (AvgIpc) is 3.47. The SMILES string of the molecule is N=C(N)N1CCCC1c1nc(-c2ccc3cc(OCc4cccc(Br)c4)ccc3c2)no1. The second kappa shape index (κ2) is 8.63. The number of benzene rings is 3. The van der Waals surface area contributed by atoms with Crippen molar-refractivity contribution in [2.24, 2.45) is 5.73 Å². The van der Waals surface area contributed by atoms with E-state index in [0.717, 1.165) is 51.5 Å². The molecule has 7 nitrogen and oxygen atoms in total. The van der Waals surface area contributed by atoms with E-state index in [0.29, 0.717) is 18.3 Å². The van der Waals surface area contributed by atoms with E-state index >= 15 is 0 Å². The Bertz CT molecular complexity index is 1290. The van der Waals surface area contributed by atoms with E-state index in [2.05, 4.69) is 26.1 Å². The summed E-state index contributed by atoms with van der Waals surface area (Å²) in [5.41, 5.74) is 7.67. The number of likely N-dealkylation sites (tertiary alicyclic amines) is 1. The zero-order valence-corrected chi connectivity index (χ0v) is 18.9. The van der Waals surface area contributed by atoms with E-state index in [1.165, 1.54) is 0 Å². The Morgan fingerprint density at radius 3 is 2.84 bits per heavy atom. The molecule has 1 aliphatic heterocycles. The molecule has 0 aliphatic carbocycles. The zero-order valence-electron chi connectivity index (χ0n) is 17.3. The van der Waals surface area contributed by atoms with Gasteiger partial charge in [-0.25, -0.2) is 0 Å². The first kappa shape index (κ1) is 20.5. The number of ether oxygens (including phenoxy) is 1. The molecule has 0 radical (unpaired) electrons. The molecular formula is C24H22BrN5O2. The highest BCUT2D eigenvalue weighted by Crippen LogP contribution is 2.32. The van der Waals surface area contributed by atoms with Crippen LogP contribution in [0.2, 0.25) is 0 Å². The summed E-state index contributed by atoms with van der Waals surface area (Å²) in [6.07, 6.45) is 1.80. The summed E-state index contributed by atoms with van der Waals surface area (Å²) in [7, 11) is 0. The fourth-order valence-corrected chi connectivity index (χ4v) is 4.49. The maximum Gasteiger partial charge on any atom is 0.249 e. The van der Waals surface area contributed by atoms with Crippen molar-refractivity contribution in [3.63, 3.8) is 0 Å². The third-order valence-electron chi connectivity index (χ3n) is 5.65. The number of hydrogen-bond donors (Lipinski definition) is 2. The monoisotopic (exact) mass is 491 g/mol. The van der Waals surface area contributed by atoms with Crippen molar-refractivity contribution in [1.29, 1.82) is 5.41 Å². The summed E-state index contributed by atoms with van der Waals surface area (Å²) in [6, 6.07) is 20.0. The van der Waals surface area contributed by atoms with E-state index in [1.807, 2.05) is 60.7 Å². The Morgan fingerprint density at radius 1 is 1.16 bits per heavy atom. The molecule has 0 spiro atoms. The highest BCUT2D eigenvalue weighted by Gasteiger charge is 2.31. The Morgan fingerprint density at radius 2 is 2.00 bits per heavy atom. The van der Waals surface area contributed by atoms with Crippen molar-refractivity contribution in [3.05, 3.63) is 76.6 Å². The van der Waals surface area contributed by atoms with Crippen LogP contribution in [0.4, 0.5) is 0 Å². The number of nitrogens with one attached hydrogen (secondary N) is 1. The fraction of sp³-hybridized carbons (Fsp3) is 0.208. The van der Waals surface area contributed by atoms with Gasteiger partial charge in [0.15, 0.2) is 5.96 Å². The number of guanidine groups is 1. The van der Waals surface area contributed by atoms with Gasteiger partial charge in [0.05, 0.1) is 0 Å². The molecule has 0 bridgehead atoms. The van der Waals surface area contributed by atoms with Crippen LogP contribution in [0, 0.1) is 5.41 Å². The summed E-state index contributed by atoms with van der Waals surface area (Å²) in [5.74, 6) is 1.89. The van der Waals surface area contributed by atoms with Gasteiger partial charge >= 0.3 is 0 Å². The second-order valence-corrected chi connectivity index (χ2v) is 8.75. The molecule has 1 aromatic heterocycles. The molecule has 3 aromatic carbocycles. The van der Waals surface area contributed by atoms with Crippen LogP contribution in [0.5, 0.6) is 5.75 Å². The van der Waals surface area contributed by atoms with Gasteiger partial charge < -0.3 is 19.9 Å². The van der Waals surface area contributed by atoms with Gasteiger partial charge in [0, 0.05) is 16.6 Å². The van der Waals surface area contributed by atoms with E-state index in [9.17, 15) is 0 Å². The molecule has 1 saturated heterocycles. The van der Waals surface area contributed by atoms with Gasteiger partial charge in [-0.3, -0.25) is 5.41 Å². The third-order valence-corrected chi connectivity index (χ3v) is 6.15. The lowest BCUT2D eigenvalue weighted by molar-refractivity contribution is 0.283. The number of nitrogens with two attached hydrogens (primary N) is 1. The molecule has 4 aromatic rings. The molecule has 32 heavy (non-hydrogen) atoms. The summed E-state index contributed by atoms with van der Waals surface area (Å²) < 4.78 is 12.5. The highest BCUT2D eigenvalue weighted by atomic mass is 79.9. The molecule has 1 fully saturated rings. The molecule has 0 saturated carbocycles. The van der Waals surface area contributed by atoms with Crippen molar-refractivity contribution in [3.8, 4) is 17.1 Å². The van der Waals surface area contributed by atoms with Crippen molar-refractivity contribution in [2.75, 3.05) is 6.54 Å². The second-order valence-electron chi connectivity index (χ2n) is 7.84. The fourth-order valence-electron chi connectivity index (χ4n) is 4.05. The molecule has 5 rings (SSSR count). The van der Waals surface area contributed by atoms with E-state index in [-0.39, 0.29) is 12.0 Å². The maximum atomic E-state index is 7.74. The van der Waals surface area contributed by atoms with Gasteiger partial charge in [-0.1, -0.05) is 51.4 Å². The molecule has 2 heterocycles. The Labute approximate surface area is 193 Å². The maximum absolute atomic E-state index is 7.74. The number of halogens is 1. The van der Waals surface area contributed by atoms with Gasteiger partial charge in [-0.15, -0.1) is 0 Å². The van der Waals surface area contributed by atoms with Crippen molar-refractivity contribution in [1.82, 2.24) is 15.0 Å². The van der Waals surface area contributed by atoms with E-state index in [4.69, 9.17) is 20.4 Å². The quantitative estimate of drug-likeness (QED) is 0.291. The largest absolute Gasteiger partial charge is 0.489 e. The molecule has 0 amide bonds. The third kappa shape index (κ3) is 4.18. The van der Waals surface area contributed by atoms with Crippen LogP contribution in [0.15, 0.2) is 69.7 Å². The topological polar surface area (TPSA) is 101 Å². The Hall–Kier alpha value is -3.39. The van der Waals surface area contributed by atoms with Crippen molar-refractivity contribution < 1.29 is 9.26 Å². The normalized spacial score (nSPS) is 15.9. The molecule has 162 valence electrons. The Balaban J connectivity index is 1.33. The molecule has 1 atom stereocenters. The number of nitrogens with zero attached hydrogens (tertiary/aromatic N) is 3. The number of rotatable bonds is 5. The van der Waals surface area contributed by atoms with Gasteiger partial charge in [0.1, 0.15) is 18.4 Å². The summed E-state index contributed by atoms with van der Waals surface area (Å²) in [4.78, 5) is 6.39. The smallest absolute Gasteiger partial charge is 0.249 e. The van der Waals surface area contributed by atoms with Crippen molar-refractivity contribution >= 4 is 32.7 Å². The first-order valence-corrected chi connectivity index (χ1v) is 11.2.